The van der Waals surface area contributed by atoms with Crippen molar-refractivity contribution in [2.45, 2.75) is 46.6 Å². The molecule has 1 saturated heterocycles. The summed E-state index contributed by atoms with van der Waals surface area (Å²) >= 11 is 0. The monoisotopic (exact) mass is 445 g/mol. The number of barbiturate groups is 1. The number of urea groups is 1. The van der Waals surface area contributed by atoms with Gasteiger partial charge in [-0.05, 0) is 66.8 Å². The van der Waals surface area contributed by atoms with Crippen molar-refractivity contribution >= 4 is 23.9 Å². The highest BCUT2D eigenvalue weighted by atomic mass is 16.3. The van der Waals surface area contributed by atoms with E-state index in [-0.39, 0.29) is 17.5 Å². The summed E-state index contributed by atoms with van der Waals surface area (Å²) in [6, 6.07) is 12.9. The number of hydrogen-bond donors (Lipinski definition) is 1. The second-order valence-corrected chi connectivity index (χ2v) is 9.25. The lowest BCUT2D eigenvalue weighted by Gasteiger charge is -2.25. The van der Waals surface area contributed by atoms with E-state index in [0.29, 0.717) is 5.76 Å². The van der Waals surface area contributed by atoms with Crippen LogP contribution in [0.5, 0.6) is 0 Å². The van der Waals surface area contributed by atoms with E-state index in [4.69, 9.17) is 4.42 Å². The summed E-state index contributed by atoms with van der Waals surface area (Å²) in [5, 5.41) is 2.25. The average molecular weight is 446 g/mol. The van der Waals surface area contributed by atoms with E-state index in [1.165, 1.54) is 11.8 Å². The van der Waals surface area contributed by atoms with Gasteiger partial charge in [0, 0.05) is 17.1 Å². The number of aromatic nitrogens is 1. The Morgan fingerprint density at radius 1 is 1.03 bits per heavy atom. The molecule has 1 aromatic carbocycles. The standard InChI is InChI=1S/C26H27N3O4/c1-16-13-18(17(2)29(16)20-10-8-19(9-11-20)26(3,4)5)14-22-23(30)27-25(32)28(24(22)31)15-21-7-6-12-33-21/h6-14H,15H2,1-5H3,(H,27,30,32)/b22-14+. The Morgan fingerprint density at radius 3 is 2.33 bits per heavy atom. The highest BCUT2D eigenvalue weighted by Crippen LogP contribution is 2.27. The minimum atomic E-state index is -0.761. The van der Waals surface area contributed by atoms with E-state index in [2.05, 4.69) is 54.9 Å². The molecular weight excluding hydrogens is 418 g/mol. The van der Waals surface area contributed by atoms with E-state index in [1.54, 1.807) is 18.2 Å². The first kappa shape index (κ1) is 22.3. The SMILES string of the molecule is Cc1cc(/C=C2\C(=O)NC(=O)N(Cc3ccco3)C2=O)c(C)n1-c1ccc(C(C)(C)C)cc1. The summed E-state index contributed by atoms with van der Waals surface area (Å²) in [7, 11) is 0. The number of furan rings is 1. The Morgan fingerprint density at radius 2 is 1.73 bits per heavy atom. The van der Waals surface area contributed by atoms with Gasteiger partial charge in [-0.1, -0.05) is 32.9 Å². The molecule has 1 aliphatic heterocycles. The first-order valence-electron chi connectivity index (χ1n) is 10.8. The molecule has 1 fully saturated rings. The van der Waals surface area contributed by atoms with E-state index in [9.17, 15) is 14.4 Å². The predicted molar refractivity (Wildman–Crippen MR) is 125 cm³/mol. The summed E-state index contributed by atoms with van der Waals surface area (Å²) in [4.78, 5) is 38.7. The zero-order chi connectivity index (χ0) is 23.9. The van der Waals surface area contributed by atoms with Crippen LogP contribution in [0.3, 0.4) is 0 Å². The summed E-state index contributed by atoms with van der Waals surface area (Å²) in [5.41, 5.74) is 4.79. The Hall–Kier alpha value is -3.87. The van der Waals surface area contributed by atoms with Crippen molar-refractivity contribution in [2.24, 2.45) is 0 Å². The van der Waals surface area contributed by atoms with Crippen LogP contribution < -0.4 is 5.32 Å². The average Bonchev–Trinajstić information content (AvgIpc) is 3.35. The van der Waals surface area contributed by atoms with Crippen LogP contribution in [0.1, 0.15) is 49.0 Å². The van der Waals surface area contributed by atoms with Gasteiger partial charge in [0.05, 0.1) is 12.8 Å². The lowest BCUT2D eigenvalue weighted by molar-refractivity contribution is -0.130. The van der Waals surface area contributed by atoms with E-state index in [1.807, 2.05) is 19.9 Å². The maximum absolute atomic E-state index is 13.0. The van der Waals surface area contributed by atoms with Crippen molar-refractivity contribution in [3.8, 4) is 5.69 Å². The highest BCUT2D eigenvalue weighted by molar-refractivity contribution is 6.31. The Bertz CT molecular complexity index is 1260. The fourth-order valence-corrected chi connectivity index (χ4v) is 3.99. The van der Waals surface area contributed by atoms with Gasteiger partial charge in [0.2, 0.25) is 0 Å². The molecule has 0 spiro atoms. The van der Waals surface area contributed by atoms with E-state index in [0.717, 1.165) is 27.5 Å². The third-order valence-electron chi connectivity index (χ3n) is 5.84. The number of carbonyl (C=O) groups excluding carboxylic acids is 3. The predicted octanol–water partition coefficient (Wildman–Crippen LogP) is 4.65. The largest absolute Gasteiger partial charge is 0.467 e. The third kappa shape index (κ3) is 4.26. The molecule has 0 saturated carbocycles. The number of benzene rings is 1. The number of rotatable bonds is 4. The van der Waals surface area contributed by atoms with Crippen molar-refractivity contribution < 1.29 is 18.8 Å². The molecule has 4 rings (SSSR count). The molecule has 0 atom stereocenters. The van der Waals surface area contributed by atoms with E-state index < -0.39 is 17.8 Å². The lowest BCUT2D eigenvalue weighted by Crippen LogP contribution is -2.53. The molecule has 170 valence electrons. The second-order valence-electron chi connectivity index (χ2n) is 9.25. The van der Waals surface area contributed by atoms with E-state index >= 15 is 0 Å². The minimum absolute atomic E-state index is 0.0541. The Kier molecular flexibility index (Phi) is 5.57. The lowest BCUT2D eigenvalue weighted by atomic mass is 9.87. The van der Waals surface area contributed by atoms with Gasteiger partial charge in [0.1, 0.15) is 11.3 Å². The van der Waals surface area contributed by atoms with Gasteiger partial charge in [-0.3, -0.25) is 19.8 Å². The summed E-state index contributed by atoms with van der Waals surface area (Å²) < 4.78 is 7.33. The zero-order valence-corrected chi connectivity index (χ0v) is 19.4. The highest BCUT2D eigenvalue weighted by Gasteiger charge is 2.36. The van der Waals surface area contributed by atoms with Crippen LogP contribution in [0.25, 0.3) is 11.8 Å². The molecule has 3 heterocycles. The van der Waals surface area contributed by atoms with Crippen LogP contribution in [0, 0.1) is 13.8 Å². The molecular formula is C26H27N3O4. The van der Waals surface area contributed by atoms with Crippen LogP contribution >= 0.6 is 0 Å². The first-order chi connectivity index (χ1) is 15.6. The van der Waals surface area contributed by atoms with Crippen molar-refractivity contribution in [2.75, 3.05) is 0 Å². The van der Waals surface area contributed by atoms with Crippen LogP contribution in [-0.4, -0.2) is 27.3 Å². The third-order valence-corrected chi connectivity index (χ3v) is 5.84. The van der Waals surface area contributed by atoms with Gasteiger partial charge in [-0.25, -0.2) is 4.79 Å². The van der Waals surface area contributed by atoms with Gasteiger partial charge in [0.25, 0.3) is 11.8 Å². The summed E-state index contributed by atoms with van der Waals surface area (Å²) in [6.45, 7) is 10.4. The number of imide groups is 2. The Labute approximate surface area is 192 Å². The first-order valence-corrected chi connectivity index (χ1v) is 10.8. The van der Waals surface area contributed by atoms with Gasteiger partial charge >= 0.3 is 6.03 Å². The van der Waals surface area contributed by atoms with Gasteiger partial charge < -0.3 is 8.98 Å². The smallest absolute Gasteiger partial charge is 0.331 e. The molecule has 0 aliphatic carbocycles. The second kappa shape index (κ2) is 8.24. The molecule has 33 heavy (non-hydrogen) atoms. The topological polar surface area (TPSA) is 84.6 Å². The minimum Gasteiger partial charge on any atom is -0.467 e. The van der Waals surface area contributed by atoms with Gasteiger partial charge in [-0.15, -0.1) is 0 Å². The normalized spacial score (nSPS) is 16.0. The fourth-order valence-electron chi connectivity index (χ4n) is 3.99. The molecule has 1 N–H and O–H groups in total. The molecule has 0 radical (unpaired) electrons. The summed E-state index contributed by atoms with van der Waals surface area (Å²) in [6.07, 6.45) is 3.01. The number of hydrogen-bond acceptors (Lipinski definition) is 4. The number of nitrogens with zero attached hydrogens (tertiary/aromatic N) is 2. The van der Waals surface area contributed by atoms with Crippen molar-refractivity contribution in [1.82, 2.24) is 14.8 Å². The maximum Gasteiger partial charge on any atom is 0.331 e. The molecule has 3 aromatic rings. The molecule has 0 unspecified atom stereocenters. The maximum atomic E-state index is 13.0. The van der Waals surface area contributed by atoms with Crippen molar-refractivity contribution in [3.63, 3.8) is 0 Å². The van der Waals surface area contributed by atoms with Crippen LogP contribution in [-0.2, 0) is 21.5 Å². The fraction of sp³-hybridized carbons (Fsp3) is 0.269. The van der Waals surface area contributed by atoms with Crippen LogP contribution in [0.2, 0.25) is 0 Å². The Balaban J connectivity index is 1.68. The number of aryl methyl sites for hydroxylation is 1. The molecule has 1 aliphatic rings. The van der Waals surface area contributed by atoms with Crippen molar-refractivity contribution in [3.05, 3.63) is 82.6 Å². The molecule has 4 amide bonds. The van der Waals surface area contributed by atoms with Crippen LogP contribution in [0.15, 0.2) is 58.7 Å². The quantitative estimate of drug-likeness (QED) is 0.468. The number of carbonyl (C=O) groups is 3. The number of nitrogens with one attached hydrogen (secondary N) is 1. The molecule has 7 nitrogen and oxygen atoms in total. The van der Waals surface area contributed by atoms with Crippen molar-refractivity contribution in [1.29, 1.82) is 0 Å². The molecule has 7 heteroatoms. The molecule has 2 aromatic heterocycles. The van der Waals surface area contributed by atoms with Gasteiger partial charge in [-0.2, -0.15) is 0 Å². The van der Waals surface area contributed by atoms with Gasteiger partial charge in [0.15, 0.2) is 0 Å². The summed E-state index contributed by atoms with van der Waals surface area (Å²) in [5.74, 6) is -0.913. The number of amides is 4. The van der Waals surface area contributed by atoms with Crippen LogP contribution in [0.4, 0.5) is 4.79 Å². The zero-order valence-electron chi connectivity index (χ0n) is 19.4. The molecule has 0 bridgehead atoms.